The Labute approximate surface area is 156 Å². The van der Waals surface area contributed by atoms with Crippen LogP contribution in [0.15, 0.2) is 47.0 Å². The highest BCUT2D eigenvalue weighted by Gasteiger charge is 2.15. The Kier molecular flexibility index (Phi) is 4.68. The summed E-state index contributed by atoms with van der Waals surface area (Å²) in [5.41, 5.74) is 2.08. The lowest BCUT2D eigenvalue weighted by atomic mass is 10.2. The van der Waals surface area contributed by atoms with Gasteiger partial charge >= 0.3 is 0 Å². The number of hydrogen-bond donors (Lipinski definition) is 1. The lowest BCUT2D eigenvalue weighted by Gasteiger charge is -2.06. The van der Waals surface area contributed by atoms with Crippen molar-refractivity contribution in [1.82, 2.24) is 14.6 Å². The molecule has 3 aromatic heterocycles. The van der Waals surface area contributed by atoms with E-state index >= 15 is 0 Å². The summed E-state index contributed by atoms with van der Waals surface area (Å²) in [4.78, 5) is 4.36. The fraction of sp³-hybridized carbons (Fsp3) is 0.222. The quantitative estimate of drug-likeness (QED) is 0.385. The number of ether oxygens (including phenoxy) is 2. The van der Waals surface area contributed by atoms with E-state index in [-0.39, 0.29) is 5.75 Å². The van der Waals surface area contributed by atoms with Gasteiger partial charge in [0.2, 0.25) is 5.88 Å². The van der Waals surface area contributed by atoms with Crippen molar-refractivity contribution in [2.24, 2.45) is 0 Å². The molecule has 4 rings (SSSR count). The first-order valence-corrected chi connectivity index (χ1v) is 9.62. The van der Waals surface area contributed by atoms with Crippen LogP contribution >= 0.6 is 0 Å². The minimum atomic E-state index is -1.57. The molecule has 0 unspecified atom stereocenters. The summed E-state index contributed by atoms with van der Waals surface area (Å²) >= 11 is 0. The first-order valence-electron chi connectivity index (χ1n) is 8.30. The van der Waals surface area contributed by atoms with E-state index in [2.05, 4.69) is 10.1 Å². The van der Waals surface area contributed by atoms with Gasteiger partial charge < -0.3 is 22.9 Å². The number of methoxy groups -OCH3 is 1. The number of benzene rings is 1. The van der Waals surface area contributed by atoms with Crippen LogP contribution in [-0.2, 0) is 14.8 Å². The van der Waals surface area contributed by atoms with E-state index in [1.54, 1.807) is 30.0 Å². The zero-order chi connectivity index (χ0) is 18.8. The molecule has 0 spiro atoms. The van der Waals surface area contributed by atoms with Crippen LogP contribution in [0.3, 0.4) is 0 Å². The van der Waals surface area contributed by atoms with Crippen molar-refractivity contribution in [3.63, 3.8) is 0 Å². The predicted octanol–water partition coefficient (Wildman–Crippen LogP) is 3.65. The number of hydrogen-bond acceptors (Lipinski definition) is 8. The molecule has 0 aliphatic carbocycles. The molecule has 0 radical (unpaired) electrons. The molecule has 0 saturated heterocycles. The van der Waals surface area contributed by atoms with E-state index in [0.29, 0.717) is 36.0 Å². The molecule has 0 aliphatic heterocycles. The van der Waals surface area contributed by atoms with Crippen LogP contribution < -0.4 is 9.47 Å². The maximum atomic E-state index is 10.8. The van der Waals surface area contributed by atoms with Crippen LogP contribution in [0.1, 0.15) is 6.42 Å². The van der Waals surface area contributed by atoms with Crippen LogP contribution in [-0.4, -0.2) is 34.1 Å². The van der Waals surface area contributed by atoms with E-state index in [9.17, 15) is 4.21 Å². The second-order valence-corrected chi connectivity index (χ2v) is 6.92. The van der Waals surface area contributed by atoms with Gasteiger partial charge in [-0.25, -0.2) is 9.50 Å². The topological polar surface area (TPSA) is 103 Å². The van der Waals surface area contributed by atoms with Gasteiger partial charge in [-0.05, 0) is 30.7 Å². The van der Waals surface area contributed by atoms with E-state index in [1.165, 1.54) is 0 Å². The average Bonchev–Trinajstić information content (AvgIpc) is 3.28. The minimum absolute atomic E-state index is 0.277. The first-order chi connectivity index (χ1) is 13.2. The van der Waals surface area contributed by atoms with Crippen LogP contribution in [0.5, 0.6) is 11.6 Å². The van der Waals surface area contributed by atoms with Gasteiger partial charge in [-0.2, -0.15) is 10.6 Å². The Morgan fingerprint density at radius 2 is 2.19 bits per heavy atom. The number of imidazole rings is 1. The Balaban J connectivity index is 1.67. The molecule has 1 aromatic carbocycles. The monoisotopic (exact) mass is 385 g/mol. The van der Waals surface area contributed by atoms with Crippen molar-refractivity contribution < 1.29 is 18.1 Å². The molecule has 0 amide bonds. The summed E-state index contributed by atoms with van der Waals surface area (Å²) in [5.74, 6) is 2.06. The summed E-state index contributed by atoms with van der Waals surface area (Å²) in [6, 6.07) is 11.1. The van der Waals surface area contributed by atoms with Crippen LogP contribution in [0, 0.1) is 4.78 Å². The zero-order valence-corrected chi connectivity index (χ0v) is 15.4. The Bertz CT molecular complexity index is 1170. The molecule has 8 nitrogen and oxygen atoms in total. The van der Waals surface area contributed by atoms with Crippen molar-refractivity contribution in [3.8, 4) is 23.1 Å². The molecule has 9 heteroatoms. The third-order valence-corrected chi connectivity index (χ3v) is 4.72. The van der Waals surface area contributed by atoms with Gasteiger partial charge in [0, 0.05) is 6.07 Å². The third kappa shape index (κ3) is 3.45. The molecule has 0 aliphatic rings. The molecule has 4 aromatic rings. The van der Waals surface area contributed by atoms with Crippen molar-refractivity contribution in [3.05, 3.63) is 42.6 Å². The molecule has 3 heterocycles. The van der Waals surface area contributed by atoms with E-state index in [4.69, 9.17) is 18.7 Å². The summed E-state index contributed by atoms with van der Waals surface area (Å²) in [6.07, 6.45) is 2.22. The molecule has 27 heavy (non-hydrogen) atoms. The fourth-order valence-corrected chi connectivity index (χ4v) is 3.19. The Morgan fingerprint density at radius 3 is 3.00 bits per heavy atom. The predicted molar refractivity (Wildman–Crippen MR) is 100 cm³/mol. The largest absolute Gasteiger partial charge is 0.496 e. The lowest BCUT2D eigenvalue weighted by molar-refractivity contribution is 0.301. The molecule has 1 N–H and O–H groups in total. The van der Waals surface area contributed by atoms with Crippen molar-refractivity contribution in [2.45, 2.75) is 6.42 Å². The number of fused-ring (bicyclic) bond motifs is 2. The van der Waals surface area contributed by atoms with Gasteiger partial charge in [-0.3, -0.25) is 0 Å². The number of aromatic nitrogens is 3. The molecule has 0 saturated carbocycles. The highest BCUT2D eigenvalue weighted by Crippen LogP contribution is 2.33. The minimum Gasteiger partial charge on any atom is -0.496 e. The number of furan rings is 1. The highest BCUT2D eigenvalue weighted by atomic mass is 32.2. The highest BCUT2D eigenvalue weighted by molar-refractivity contribution is 7.73. The van der Waals surface area contributed by atoms with E-state index in [0.717, 1.165) is 16.7 Å². The van der Waals surface area contributed by atoms with Crippen molar-refractivity contribution >= 4 is 27.2 Å². The maximum Gasteiger partial charge on any atom is 0.231 e. The van der Waals surface area contributed by atoms with Gasteiger partial charge in [0.1, 0.15) is 17.0 Å². The molecule has 0 fully saturated rings. The van der Waals surface area contributed by atoms with Gasteiger partial charge in [0.05, 0.1) is 25.3 Å². The van der Waals surface area contributed by atoms with Gasteiger partial charge in [-0.15, -0.1) is 5.10 Å². The second-order valence-electron chi connectivity index (χ2n) is 5.82. The standard InChI is InChI=1S/C18H17N4O4S/c1-24-14-4-2-5-15-12(14)10-16(26-15)13-11-20-17-6-7-18(21-22(13)17)25-8-3-9-27(19)23/h2,4-7,10-11,19H,3,8-9H2,1H3/q-1. The van der Waals surface area contributed by atoms with Gasteiger partial charge in [0.25, 0.3) is 0 Å². The molecular formula is C18H17N4O4S-. The Hall–Kier alpha value is -3.07. The van der Waals surface area contributed by atoms with Crippen molar-refractivity contribution in [2.75, 3.05) is 19.5 Å². The zero-order valence-electron chi connectivity index (χ0n) is 14.5. The van der Waals surface area contributed by atoms with Crippen LogP contribution in [0.25, 0.3) is 28.1 Å². The van der Waals surface area contributed by atoms with Gasteiger partial charge in [0.15, 0.2) is 11.4 Å². The van der Waals surface area contributed by atoms with Crippen LogP contribution in [0.2, 0.25) is 0 Å². The summed E-state index contributed by atoms with van der Waals surface area (Å²) in [6.45, 7) is 0.342. The van der Waals surface area contributed by atoms with E-state index < -0.39 is 10.6 Å². The maximum absolute atomic E-state index is 10.8. The lowest BCUT2D eigenvalue weighted by Crippen LogP contribution is -2.04. The van der Waals surface area contributed by atoms with Crippen molar-refractivity contribution in [1.29, 1.82) is 4.78 Å². The fourth-order valence-electron chi connectivity index (χ4n) is 2.81. The normalized spacial score (nSPS) is 11.5. The molecule has 0 atom stereocenters. The number of rotatable bonds is 7. The second kappa shape index (κ2) is 7.28. The van der Waals surface area contributed by atoms with E-state index in [1.807, 2.05) is 24.3 Å². The third-order valence-electron chi connectivity index (χ3n) is 4.06. The van der Waals surface area contributed by atoms with Crippen LogP contribution in [0.4, 0.5) is 0 Å². The summed E-state index contributed by atoms with van der Waals surface area (Å²) in [5, 5.41) is 5.33. The first kappa shape index (κ1) is 17.3. The van der Waals surface area contributed by atoms with Gasteiger partial charge in [-0.1, -0.05) is 11.8 Å². The smallest absolute Gasteiger partial charge is 0.231 e. The molecule has 140 valence electrons. The SMILES string of the molecule is COc1cccc2oc(-c3cnc4ccc(OCCC[S-](=N)=O)nn34)cc12. The Morgan fingerprint density at radius 1 is 1.30 bits per heavy atom. The average molecular weight is 385 g/mol. The molecular weight excluding hydrogens is 368 g/mol. The number of nitrogens with one attached hydrogen (secondary N) is 1. The summed E-state index contributed by atoms with van der Waals surface area (Å²) in [7, 11) is 0.0552. The summed E-state index contributed by atoms with van der Waals surface area (Å²) < 4.78 is 36.4. The molecule has 0 bridgehead atoms. The number of nitrogens with zero attached hydrogens (tertiary/aromatic N) is 3.